The lowest BCUT2D eigenvalue weighted by Crippen LogP contribution is -2.43. The summed E-state index contributed by atoms with van der Waals surface area (Å²) in [5, 5.41) is 3.97. The number of carbonyl (C=O) groups excluding carboxylic acids is 1. The van der Waals surface area contributed by atoms with Gasteiger partial charge in [-0.05, 0) is 31.7 Å². The molecule has 4 rings (SSSR count). The van der Waals surface area contributed by atoms with Gasteiger partial charge in [0.05, 0.1) is 0 Å². The second kappa shape index (κ2) is 5.15. The number of aromatic nitrogens is 1. The van der Waals surface area contributed by atoms with Crippen LogP contribution >= 0.6 is 0 Å². The summed E-state index contributed by atoms with van der Waals surface area (Å²) in [6.07, 6.45) is 2.84. The van der Waals surface area contributed by atoms with Gasteiger partial charge >= 0.3 is 0 Å². The molecular formula is C17H17N3O2. The quantitative estimate of drug-likeness (QED) is 0.856. The van der Waals surface area contributed by atoms with Crippen LogP contribution in [0.5, 0.6) is 0 Å². The lowest BCUT2D eigenvalue weighted by atomic mass is 10.00. The van der Waals surface area contributed by atoms with Crippen LogP contribution in [0.1, 0.15) is 29.6 Å². The Hall–Kier alpha value is -2.32. The number of amides is 1. The van der Waals surface area contributed by atoms with Gasteiger partial charge in [-0.3, -0.25) is 9.78 Å². The third kappa shape index (κ3) is 2.26. The molecule has 2 aliphatic heterocycles. The average molecular weight is 295 g/mol. The summed E-state index contributed by atoms with van der Waals surface area (Å²) in [6, 6.07) is 3.78. The number of carbonyl (C=O) groups is 1. The van der Waals surface area contributed by atoms with Gasteiger partial charge in [-0.15, -0.1) is 0 Å². The standard InChI is InChI=1S/C17H17N3O2/c1-2-3-13-6-12-8-18-14(7-16(12)22-13)17(21)19-15-10-20-5-4-11(15)9-20/h6-8,11,15H,4-5,9-10H2,1H3,(H,19,21)/t11-,15?/m0/s1. The zero-order valence-corrected chi connectivity index (χ0v) is 12.4. The molecule has 0 aliphatic carbocycles. The molecule has 1 amide bonds. The van der Waals surface area contributed by atoms with Crippen molar-refractivity contribution in [3.05, 3.63) is 29.8 Å². The Morgan fingerprint density at radius 2 is 2.36 bits per heavy atom. The van der Waals surface area contributed by atoms with Gasteiger partial charge in [-0.25, -0.2) is 0 Å². The van der Waals surface area contributed by atoms with Crippen LogP contribution in [0.3, 0.4) is 0 Å². The van der Waals surface area contributed by atoms with Crippen molar-refractivity contribution in [2.45, 2.75) is 19.4 Å². The van der Waals surface area contributed by atoms with E-state index in [0.717, 1.165) is 25.0 Å². The number of hydrogen-bond donors (Lipinski definition) is 1. The fourth-order valence-electron chi connectivity index (χ4n) is 3.43. The Bertz CT molecular complexity index is 799. The number of fused-ring (bicyclic) bond motifs is 3. The van der Waals surface area contributed by atoms with Gasteiger partial charge in [0.15, 0.2) is 5.76 Å². The van der Waals surface area contributed by atoms with Gasteiger partial charge in [0, 0.05) is 42.8 Å². The predicted molar refractivity (Wildman–Crippen MR) is 82.4 cm³/mol. The third-order valence-electron chi connectivity index (χ3n) is 4.53. The third-order valence-corrected chi connectivity index (χ3v) is 4.53. The smallest absolute Gasteiger partial charge is 0.270 e. The Kier molecular flexibility index (Phi) is 3.12. The molecule has 5 heteroatoms. The Labute approximate surface area is 128 Å². The zero-order valence-electron chi connectivity index (χ0n) is 12.4. The van der Waals surface area contributed by atoms with E-state index in [9.17, 15) is 4.79 Å². The molecule has 1 N–H and O–H groups in total. The fraction of sp³-hybridized carbons (Fsp3) is 0.412. The van der Waals surface area contributed by atoms with E-state index in [1.54, 1.807) is 19.2 Å². The van der Waals surface area contributed by atoms with Crippen LogP contribution < -0.4 is 5.32 Å². The molecule has 0 aromatic carbocycles. The molecule has 0 radical (unpaired) electrons. The van der Waals surface area contributed by atoms with Crippen LogP contribution in [-0.4, -0.2) is 41.5 Å². The minimum atomic E-state index is -0.125. The van der Waals surface area contributed by atoms with Crippen molar-refractivity contribution in [1.82, 2.24) is 15.2 Å². The highest BCUT2D eigenvalue weighted by Crippen LogP contribution is 2.28. The van der Waals surface area contributed by atoms with Crippen molar-refractivity contribution in [2.24, 2.45) is 5.92 Å². The maximum atomic E-state index is 12.4. The largest absolute Gasteiger partial charge is 0.448 e. The second-order valence-corrected chi connectivity index (χ2v) is 5.98. The molecule has 4 heterocycles. The molecule has 112 valence electrons. The monoisotopic (exact) mass is 295 g/mol. The number of rotatable bonds is 2. The molecule has 0 saturated carbocycles. The van der Waals surface area contributed by atoms with E-state index in [0.29, 0.717) is 23.0 Å². The topological polar surface area (TPSA) is 58.4 Å². The first kappa shape index (κ1) is 13.4. The molecule has 0 spiro atoms. The Balaban J connectivity index is 1.54. The summed E-state index contributed by atoms with van der Waals surface area (Å²) in [4.78, 5) is 19.0. The maximum absolute atomic E-state index is 12.4. The van der Waals surface area contributed by atoms with Crippen molar-refractivity contribution in [3.8, 4) is 11.8 Å². The first-order valence-corrected chi connectivity index (χ1v) is 7.58. The van der Waals surface area contributed by atoms with Gasteiger partial charge in [0.1, 0.15) is 11.3 Å². The number of hydrogen-bond acceptors (Lipinski definition) is 4. The second-order valence-electron chi connectivity index (χ2n) is 5.98. The van der Waals surface area contributed by atoms with E-state index in [1.165, 1.54) is 6.42 Å². The van der Waals surface area contributed by atoms with Crippen LogP contribution in [0.15, 0.2) is 22.7 Å². The Morgan fingerprint density at radius 1 is 1.45 bits per heavy atom. The van der Waals surface area contributed by atoms with Gasteiger partial charge in [-0.1, -0.05) is 5.92 Å². The van der Waals surface area contributed by atoms with Crippen molar-refractivity contribution >= 4 is 16.9 Å². The van der Waals surface area contributed by atoms with Crippen molar-refractivity contribution in [3.63, 3.8) is 0 Å². The van der Waals surface area contributed by atoms with Crippen molar-refractivity contribution in [1.29, 1.82) is 0 Å². The summed E-state index contributed by atoms with van der Waals surface area (Å²) in [5.41, 5.74) is 1.05. The van der Waals surface area contributed by atoms with E-state index in [4.69, 9.17) is 4.42 Å². The summed E-state index contributed by atoms with van der Waals surface area (Å²) in [5.74, 6) is 6.73. The number of furan rings is 1. The number of nitrogens with zero attached hydrogens (tertiary/aromatic N) is 2. The van der Waals surface area contributed by atoms with E-state index in [-0.39, 0.29) is 11.9 Å². The van der Waals surface area contributed by atoms with E-state index < -0.39 is 0 Å². The summed E-state index contributed by atoms with van der Waals surface area (Å²) >= 11 is 0. The molecular weight excluding hydrogens is 278 g/mol. The highest BCUT2D eigenvalue weighted by atomic mass is 16.3. The summed E-state index contributed by atoms with van der Waals surface area (Å²) < 4.78 is 5.62. The molecule has 2 aliphatic rings. The van der Waals surface area contributed by atoms with Crippen molar-refractivity contribution < 1.29 is 9.21 Å². The Morgan fingerprint density at radius 3 is 3.09 bits per heavy atom. The molecule has 2 aromatic heterocycles. The fourth-order valence-corrected chi connectivity index (χ4v) is 3.43. The lowest BCUT2D eigenvalue weighted by molar-refractivity contribution is 0.0919. The number of nitrogens with one attached hydrogen (secondary N) is 1. The summed E-state index contributed by atoms with van der Waals surface area (Å²) in [7, 11) is 0. The van der Waals surface area contributed by atoms with Gasteiger partial charge < -0.3 is 14.6 Å². The van der Waals surface area contributed by atoms with E-state index >= 15 is 0 Å². The van der Waals surface area contributed by atoms with Gasteiger partial charge in [-0.2, -0.15) is 0 Å². The molecule has 2 fully saturated rings. The van der Waals surface area contributed by atoms with E-state index in [1.807, 2.05) is 6.07 Å². The van der Waals surface area contributed by atoms with Gasteiger partial charge in [0.2, 0.25) is 0 Å². The maximum Gasteiger partial charge on any atom is 0.270 e. The molecule has 2 unspecified atom stereocenters. The van der Waals surface area contributed by atoms with Crippen LogP contribution in [0, 0.1) is 17.8 Å². The van der Waals surface area contributed by atoms with Gasteiger partial charge in [0.25, 0.3) is 5.91 Å². The average Bonchev–Trinajstić information content (AvgIpc) is 3.20. The SMILES string of the molecule is CC#Cc1cc2cnc(C(=O)NC3CN4CC[C@H]3C4)cc2o1. The number of pyridine rings is 1. The predicted octanol–water partition coefficient (Wildman–Crippen LogP) is 1.63. The lowest BCUT2D eigenvalue weighted by Gasteiger charge is -2.22. The minimum absolute atomic E-state index is 0.125. The molecule has 2 bridgehead atoms. The molecule has 3 atom stereocenters. The van der Waals surface area contributed by atoms with Crippen LogP contribution in [0.2, 0.25) is 0 Å². The molecule has 22 heavy (non-hydrogen) atoms. The highest BCUT2D eigenvalue weighted by molar-refractivity contribution is 5.95. The number of piperidine rings is 1. The first-order chi connectivity index (χ1) is 10.7. The minimum Gasteiger partial charge on any atom is -0.448 e. The van der Waals surface area contributed by atoms with Crippen molar-refractivity contribution in [2.75, 3.05) is 19.6 Å². The molecule has 2 saturated heterocycles. The summed E-state index contributed by atoms with van der Waals surface area (Å²) in [6.45, 7) is 4.98. The van der Waals surface area contributed by atoms with Crippen LogP contribution in [-0.2, 0) is 0 Å². The molecule has 5 nitrogen and oxygen atoms in total. The normalized spacial score (nSPS) is 26.0. The van der Waals surface area contributed by atoms with Crippen LogP contribution in [0.25, 0.3) is 11.0 Å². The zero-order chi connectivity index (χ0) is 15.1. The van der Waals surface area contributed by atoms with E-state index in [2.05, 4.69) is 27.0 Å². The first-order valence-electron chi connectivity index (χ1n) is 7.58. The molecule has 2 aromatic rings. The van der Waals surface area contributed by atoms with Crippen LogP contribution in [0.4, 0.5) is 0 Å². The highest BCUT2D eigenvalue weighted by Gasteiger charge is 2.38.